The maximum atomic E-state index is 12.8. The number of para-hydroxylation sites is 1. The quantitative estimate of drug-likeness (QED) is 0.503. The van der Waals surface area contributed by atoms with Crippen LogP contribution in [0.4, 0.5) is 13.2 Å². The zero-order chi connectivity index (χ0) is 27.3. The van der Waals surface area contributed by atoms with Gasteiger partial charge in [0.15, 0.2) is 0 Å². The molecule has 2 aliphatic heterocycles. The van der Waals surface area contributed by atoms with E-state index in [1.165, 1.54) is 5.56 Å². The van der Waals surface area contributed by atoms with Crippen molar-refractivity contribution in [3.05, 3.63) is 77.4 Å². The van der Waals surface area contributed by atoms with Gasteiger partial charge >= 0.3 is 12.1 Å². The number of alkyl halides is 3. The van der Waals surface area contributed by atoms with Crippen LogP contribution in [0.3, 0.4) is 0 Å². The minimum Gasteiger partial charge on any atom is -0.496 e. The van der Waals surface area contributed by atoms with Gasteiger partial charge < -0.3 is 19.7 Å². The van der Waals surface area contributed by atoms with Crippen LogP contribution in [-0.2, 0) is 30.8 Å². The van der Waals surface area contributed by atoms with Crippen molar-refractivity contribution in [1.82, 2.24) is 25.0 Å². The molecular formula is C26H28F3N5O4. The van der Waals surface area contributed by atoms with Crippen LogP contribution in [0, 0.1) is 11.8 Å². The molecule has 1 amide bonds. The third kappa shape index (κ3) is 6.49. The molecule has 1 fully saturated rings. The molecule has 5 rings (SSSR count). The van der Waals surface area contributed by atoms with E-state index >= 15 is 0 Å². The van der Waals surface area contributed by atoms with E-state index in [1.54, 1.807) is 7.11 Å². The van der Waals surface area contributed by atoms with Crippen LogP contribution in [-0.4, -0.2) is 63.0 Å². The summed E-state index contributed by atoms with van der Waals surface area (Å²) in [6.07, 6.45) is -4.22. The molecule has 1 saturated heterocycles. The number of hydrogen-bond acceptors (Lipinski definition) is 6. The Kier molecular flexibility index (Phi) is 8.30. The Morgan fingerprint density at radius 3 is 2.37 bits per heavy atom. The fourth-order valence-electron chi connectivity index (χ4n) is 4.85. The molecule has 0 radical (unpaired) electrons. The summed E-state index contributed by atoms with van der Waals surface area (Å²) in [5, 5.41) is 18.7. The highest BCUT2D eigenvalue weighted by Crippen LogP contribution is 2.34. The number of carboxylic acids is 1. The molecule has 0 aliphatic carbocycles. The molecule has 2 aromatic carbocycles. The number of carboxylic acid groups (broad SMARTS) is 1. The highest BCUT2D eigenvalue weighted by atomic mass is 19.4. The summed E-state index contributed by atoms with van der Waals surface area (Å²) < 4.78 is 39.3. The van der Waals surface area contributed by atoms with E-state index in [-0.39, 0.29) is 5.91 Å². The number of nitrogens with zero attached hydrogens (tertiary/aromatic N) is 4. The molecule has 2 unspecified atom stereocenters. The number of hydrogen-bond donors (Lipinski definition) is 2. The number of amides is 1. The standard InChI is InChI=1S/C24H27N5O2.C2HF3O2/c1-31-21-10-6-5-9-18(21)13-28-14-19-11-22-26-27-23(29(22)16-20(19)15-28)24(30)25-12-17-7-3-2-4-8-17;3-2(4,5)1(6)7/h2-10,19-20H,11-16H2,1H3,(H,25,30);(H,6,7). The van der Waals surface area contributed by atoms with E-state index in [9.17, 15) is 18.0 Å². The molecule has 0 spiro atoms. The second kappa shape index (κ2) is 11.6. The van der Waals surface area contributed by atoms with Crippen molar-refractivity contribution in [3.63, 3.8) is 0 Å². The Bertz CT molecular complexity index is 1270. The van der Waals surface area contributed by atoms with E-state index in [2.05, 4.69) is 32.5 Å². The third-order valence-corrected chi connectivity index (χ3v) is 6.67. The second-order valence-corrected chi connectivity index (χ2v) is 9.25. The number of rotatable bonds is 6. The van der Waals surface area contributed by atoms with Gasteiger partial charge in [-0.15, -0.1) is 10.2 Å². The van der Waals surface area contributed by atoms with Gasteiger partial charge in [-0.2, -0.15) is 13.2 Å². The number of methoxy groups -OCH3 is 1. The third-order valence-electron chi connectivity index (χ3n) is 6.67. The van der Waals surface area contributed by atoms with Crippen LogP contribution in [0.15, 0.2) is 54.6 Å². The highest BCUT2D eigenvalue weighted by molar-refractivity contribution is 5.90. The molecule has 12 heteroatoms. The Morgan fingerprint density at radius 2 is 1.68 bits per heavy atom. The summed E-state index contributed by atoms with van der Waals surface area (Å²) in [5.41, 5.74) is 2.28. The number of carbonyl (C=O) groups excluding carboxylic acids is 1. The van der Waals surface area contributed by atoms with Crippen LogP contribution in [0.1, 0.15) is 27.6 Å². The van der Waals surface area contributed by atoms with Crippen LogP contribution in [0.2, 0.25) is 0 Å². The van der Waals surface area contributed by atoms with Crippen LogP contribution < -0.4 is 10.1 Å². The summed E-state index contributed by atoms with van der Waals surface area (Å²) in [6.45, 7) is 4.20. The average Bonchev–Trinajstić information content (AvgIpc) is 3.49. The second-order valence-electron chi connectivity index (χ2n) is 9.25. The first kappa shape index (κ1) is 27.1. The van der Waals surface area contributed by atoms with E-state index in [1.807, 2.05) is 47.0 Å². The number of ether oxygens (including phenoxy) is 1. The molecule has 2 atom stereocenters. The zero-order valence-corrected chi connectivity index (χ0v) is 20.7. The van der Waals surface area contributed by atoms with Crippen molar-refractivity contribution in [2.45, 2.75) is 32.2 Å². The van der Waals surface area contributed by atoms with Crippen molar-refractivity contribution in [1.29, 1.82) is 0 Å². The fraction of sp³-hybridized carbons (Fsp3) is 0.385. The predicted molar refractivity (Wildman–Crippen MR) is 130 cm³/mol. The average molecular weight is 532 g/mol. The normalized spacial score (nSPS) is 18.5. The molecule has 38 heavy (non-hydrogen) atoms. The Labute approximate surface area is 217 Å². The van der Waals surface area contributed by atoms with Gasteiger partial charge in [0, 0.05) is 44.7 Å². The van der Waals surface area contributed by atoms with Crippen LogP contribution in [0.5, 0.6) is 5.75 Å². The minimum absolute atomic E-state index is 0.162. The monoisotopic (exact) mass is 531 g/mol. The summed E-state index contributed by atoms with van der Waals surface area (Å²) in [4.78, 5) is 24.1. The molecule has 202 valence electrons. The largest absolute Gasteiger partial charge is 0.496 e. The van der Waals surface area contributed by atoms with Crippen molar-refractivity contribution < 1.29 is 32.6 Å². The van der Waals surface area contributed by atoms with E-state index < -0.39 is 12.1 Å². The molecule has 0 bridgehead atoms. The fourth-order valence-corrected chi connectivity index (χ4v) is 4.85. The highest BCUT2D eigenvalue weighted by Gasteiger charge is 2.39. The lowest BCUT2D eigenvalue weighted by Crippen LogP contribution is -2.32. The summed E-state index contributed by atoms with van der Waals surface area (Å²) >= 11 is 0. The lowest BCUT2D eigenvalue weighted by Gasteiger charge is -2.25. The first-order chi connectivity index (χ1) is 18.2. The first-order valence-electron chi connectivity index (χ1n) is 12.0. The molecule has 2 aliphatic rings. The number of halogens is 3. The number of nitrogens with one attached hydrogen (secondary N) is 1. The number of aliphatic carboxylic acids is 1. The van der Waals surface area contributed by atoms with Gasteiger partial charge in [-0.1, -0.05) is 48.5 Å². The topological polar surface area (TPSA) is 110 Å². The van der Waals surface area contributed by atoms with Gasteiger partial charge in [-0.25, -0.2) is 4.79 Å². The van der Waals surface area contributed by atoms with Crippen molar-refractivity contribution >= 4 is 11.9 Å². The number of carbonyl (C=O) groups is 2. The van der Waals surface area contributed by atoms with Crippen LogP contribution >= 0.6 is 0 Å². The van der Waals surface area contributed by atoms with Gasteiger partial charge in [0.05, 0.1) is 7.11 Å². The first-order valence-corrected chi connectivity index (χ1v) is 12.0. The number of likely N-dealkylation sites (tertiary alicyclic amines) is 1. The smallest absolute Gasteiger partial charge is 0.490 e. The van der Waals surface area contributed by atoms with Gasteiger partial charge in [0.1, 0.15) is 11.6 Å². The molecular weight excluding hydrogens is 503 g/mol. The summed E-state index contributed by atoms with van der Waals surface area (Å²) in [7, 11) is 1.72. The van der Waals surface area contributed by atoms with Crippen molar-refractivity contribution in [2.75, 3.05) is 20.2 Å². The van der Waals surface area contributed by atoms with Crippen molar-refractivity contribution in [2.24, 2.45) is 11.8 Å². The Morgan fingerprint density at radius 1 is 1.03 bits per heavy atom. The summed E-state index contributed by atoms with van der Waals surface area (Å²) in [6, 6.07) is 18.1. The Balaban J connectivity index is 0.000000426. The van der Waals surface area contributed by atoms with Gasteiger partial charge in [-0.3, -0.25) is 9.69 Å². The number of benzene rings is 2. The van der Waals surface area contributed by atoms with Crippen LogP contribution in [0.25, 0.3) is 0 Å². The molecule has 2 N–H and O–H groups in total. The van der Waals surface area contributed by atoms with Crippen molar-refractivity contribution in [3.8, 4) is 5.75 Å². The Hall–Kier alpha value is -3.93. The predicted octanol–water partition coefficient (Wildman–Crippen LogP) is 3.15. The molecule has 1 aromatic heterocycles. The number of fused-ring (bicyclic) bond motifs is 2. The lowest BCUT2D eigenvalue weighted by atomic mass is 9.89. The maximum Gasteiger partial charge on any atom is 0.490 e. The maximum absolute atomic E-state index is 12.8. The van der Waals surface area contributed by atoms with E-state index in [0.717, 1.165) is 49.7 Å². The minimum atomic E-state index is -5.08. The number of aromatic nitrogens is 3. The zero-order valence-electron chi connectivity index (χ0n) is 20.7. The molecule has 0 saturated carbocycles. The summed E-state index contributed by atoms with van der Waals surface area (Å²) in [5.74, 6) is 0.410. The van der Waals surface area contributed by atoms with E-state index in [0.29, 0.717) is 24.2 Å². The van der Waals surface area contributed by atoms with E-state index in [4.69, 9.17) is 14.6 Å². The van der Waals surface area contributed by atoms with Gasteiger partial charge in [-0.05, 0) is 23.5 Å². The van der Waals surface area contributed by atoms with Gasteiger partial charge in [0.2, 0.25) is 5.82 Å². The molecule has 3 aromatic rings. The SMILES string of the molecule is COc1ccccc1CN1CC2Cc3nnc(C(=O)NCc4ccccc4)n3CC2C1.O=C(O)C(F)(F)F. The lowest BCUT2D eigenvalue weighted by molar-refractivity contribution is -0.192. The molecule has 9 nitrogen and oxygen atoms in total. The van der Waals surface area contributed by atoms with Gasteiger partial charge in [0.25, 0.3) is 5.91 Å². The molecule has 3 heterocycles.